The monoisotopic (exact) mass is 378 g/mol. The normalized spacial score (nSPS) is 17.8. The summed E-state index contributed by atoms with van der Waals surface area (Å²) in [5.41, 5.74) is 1.56. The van der Waals surface area contributed by atoms with E-state index in [1.165, 1.54) is 6.26 Å². The highest BCUT2D eigenvalue weighted by molar-refractivity contribution is 5.79. The Hall–Kier alpha value is -2.89. The van der Waals surface area contributed by atoms with Crippen LogP contribution in [-0.4, -0.2) is 25.8 Å². The molecule has 0 radical (unpaired) electrons. The minimum absolute atomic E-state index is 0.219. The van der Waals surface area contributed by atoms with Crippen LogP contribution in [0.3, 0.4) is 0 Å². The molecule has 0 bridgehead atoms. The first-order chi connectivity index (χ1) is 13.7. The highest BCUT2D eigenvalue weighted by atomic mass is 16.7. The molecule has 5 nitrogen and oxygen atoms in total. The van der Waals surface area contributed by atoms with Crippen LogP contribution in [0, 0.1) is 0 Å². The number of benzene rings is 2. The van der Waals surface area contributed by atoms with Crippen LogP contribution < -0.4 is 0 Å². The number of hydrogen-bond donors (Lipinski definition) is 0. The van der Waals surface area contributed by atoms with Crippen LogP contribution in [0.2, 0.25) is 0 Å². The number of carbonyl (C=O) groups excluding carboxylic acids is 1. The molecule has 0 N–H and O–H groups in total. The van der Waals surface area contributed by atoms with E-state index in [1.807, 2.05) is 60.7 Å². The molecule has 144 valence electrons. The van der Waals surface area contributed by atoms with Crippen LogP contribution in [0.25, 0.3) is 0 Å². The highest BCUT2D eigenvalue weighted by Gasteiger charge is 2.55. The van der Waals surface area contributed by atoms with Crippen molar-refractivity contribution in [1.82, 2.24) is 0 Å². The van der Waals surface area contributed by atoms with Gasteiger partial charge in [0, 0.05) is 0 Å². The van der Waals surface area contributed by atoms with Gasteiger partial charge in [0.25, 0.3) is 0 Å². The summed E-state index contributed by atoms with van der Waals surface area (Å²) in [6, 6.07) is 23.4. The Balaban J connectivity index is 1.75. The van der Waals surface area contributed by atoms with Gasteiger partial charge in [-0.2, -0.15) is 0 Å². The minimum atomic E-state index is -1.70. The number of furan rings is 1. The van der Waals surface area contributed by atoms with Crippen LogP contribution in [0.5, 0.6) is 0 Å². The zero-order valence-corrected chi connectivity index (χ0v) is 15.7. The van der Waals surface area contributed by atoms with Gasteiger partial charge in [-0.1, -0.05) is 60.7 Å². The SMILES string of the molecule is CCOC(=O)C1(c2ccco2)OCC(c2ccccc2)(c2ccccc2)CO1. The molecule has 3 aromatic rings. The third-order valence-corrected chi connectivity index (χ3v) is 5.09. The van der Waals surface area contributed by atoms with Crippen molar-refractivity contribution < 1.29 is 23.4 Å². The first kappa shape index (κ1) is 18.5. The molecule has 0 amide bonds. The summed E-state index contributed by atoms with van der Waals surface area (Å²) in [5.74, 6) is -2.03. The zero-order valence-electron chi connectivity index (χ0n) is 15.7. The molecule has 1 saturated heterocycles. The van der Waals surface area contributed by atoms with Crippen LogP contribution in [0.4, 0.5) is 0 Å². The van der Waals surface area contributed by atoms with E-state index in [0.29, 0.717) is 0 Å². The van der Waals surface area contributed by atoms with Crippen molar-refractivity contribution in [3.63, 3.8) is 0 Å². The van der Waals surface area contributed by atoms with Crippen LogP contribution in [0.15, 0.2) is 83.5 Å². The molecule has 2 aromatic carbocycles. The summed E-state index contributed by atoms with van der Waals surface area (Å²) in [6.07, 6.45) is 1.49. The van der Waals surface area contributed by atoms with Gasteiger partial charge in [0.1, 0.15) is 0 Å². The van der Waals surface area contributed by atoms with Crippen LogP contribution >= 0.6 is 0 Å². The van der Waals surface area contributed by atoms with E-state index in [-0.39, 0.29) is 25.6 Å². The predicted octanol–water partition coefficient (Wildman–Crippen LogP) is 4.03. The maximum absolute atomic E-state index is 12.8. The minimum Gasteiger partial charge on any atom is -0.463 e. The average Bonchev–Trinajstić information content (AvgIpc) is 3.31. The predicted molar refractivity (Wildman–Crippen MR) is 103 cm³/mol. The quantitative estimate of drug-likeness (QED) is 0.628. The van der Waals surface area contributed by atoms with Gasteiger partial charge in [-0.25, -0.2) is 4.79 Å². The summed E-state index contributed by atoms with van der Waals surface area (Å²) in [7, 11) is 0. The lowest BCUT2D eigenvalue weighted by Gasteiger charge is -2.44. The molecular formula is C23H22O5. The van der Waals surface area contributed by atoms with Gasteiger partial charge in [-0.05, 0) is 30.2 Å². The number of esters is 1. The van der Waals surface area contributed by atoms with Crippen molar-refractivity contribution in [2.75, 3.05) is 19.8 Å². The van der Waals surface area contributed by atoms with Gasteiger partial charge in [0.15, 0.2) is 5.76 Å². The third-order valence-electron chi connectivity index (χ3n) is 5.09. The molecule has 0 unspecified atom stereocenters. The van der Waals surface area contributed by atoms with Crippen LogP contribution in [-0.2, 0) is 30.2 Å². The summed E-state index contributed by atoms with van der Waals surface area (Å²) in [4.78, 5) is 12.8. The Morgan fingerprint density at radius 1 is 0.893 bits per heavy atom. The molecule has 1 aliphatic rings. The number of carbonyl (C=O) groups is 1. The van der Waals surface area contributed by atoms with E-state index in [1.54, 1.807) is 19.1 Å². The van der Waals surface area contributed by atoms with Gasteiger partial charge < -0.3 is 18.6 Å². The summed E-state index contributed by atoms with van der Waals surface area (Å²) < 4.78 is 23.0. The first-order valence-corrected chi connectivity index (χ1v) is 9.31. The fourth-order valence-corrected chi connectivity index (χ4v) is 3.60. The topological polar surface area (TPSA) is 57.9 Å². The molecule has 4 rings (SSSR count). The summed E-state index contributed by atoms with van der Waals surface area (Å²) in [5, 5.41) is 0. The van der Waals surface area contributed by atoms with Crippen molar-refractivity contribution in [2.24, 2.45) is 0 Å². The largest absolute Gasteiger partial charge is 0.463 e. The fourth-order valence-electron chi connectivity index (χ4n) is 3.60. The second-order valence-corrected chi connectivity index (χ2v) is 6.71. The maximum Gasteiger partial charge on any atom is 0.375 e. The molecule has 1 aromatic heterocycles. The van der Waals surface area contributed by atoms with E-state index in [2.05, 4.69) is 0 Å². The van der Waals surface area contributed by atoms with Crippen molar-refractivity contribution in [2.45, 2.75) is 18.1 Å². The Morgan fingerprint density at radius 3 is 1.93 bits per heavy atom. The van der Waals surface area contributed by atoms with E-state index in [4.69, 9.17) is 18.6 Å². The van der Waals surface area contributed by atoms with Gasteiger partial charge in [-0.3, -0.25) is 0 Å². The van der Waals surface area contributed by atoms with E-state index < -0.39 is 17.2 Å². The van der Waals surface area contributed by atoms with Crippen LogP contribution in [0.1, 0.15) is 23.8 Å². The maximum atomic E-state index is 12.8. The van der Waals surface area contributed by atoms with Gasteiger partial charge >= 0.3 is 11.8 Å². The lowest BCUT2D eigenvalue weighted by atomic mass is 9.75. The summed E-state index contributed by atoms with van der Waals surface area (Å²) in [6.45, 7) is 2.44. The van der Waals surface area contributed by atoms with Crippen molar-refractivity contribution in [3.05, 3.63) is 95.9 Å². The highest BCUT2D eigenvalue weighted by Crippen LogP contribution is 2.43. The second kappa shape index (κ2) is 7.62. The number of ether oxygens (including phenoxy) is 3. The molecule has 0 spiro atoms. The number of rotatable bonds is 5. The van der Waals surface area contributed by atoms with E-state index in [0.717, 1.165) is 11.1 Å². The average molecular weight is 378 g/mol. The Morgan fingerprint density at radius 2 is 1.46 bits per heavy atom. The van der Waals surface area contributed by atoms with Crippen molar-refractivity contribution >= 4 is 5.97 Å². The lowest BCUT2D eigenvalue weighted by molar-refractivity contribution is -0.296. The molecule has 1 fully saturated rings. The smallest absolute Gasteiger partial charge is 0.375 e. The molecule has 5 heteroatoms. The Kier molecular flexibility index (Phi) is 5.03. The second-order valence-electron chi connectivity index (χ2n) is 6.71. The Bertz CT molecular complexity index is 853. The first-order valence-electron chi connectivity index (χ1n) is 9.31. The lowest BCUT2D eigenvalue weighted by Crippen LogP contribution is -2.54. The molecule has 0 aliphatic carbocycles. The third kappa shape index (κ3) is 3.03. The zero-order chi connectivity index (χ0) is 19.5. The fraction of sp³-hybridized carbons (Fsp3) is 0.261. The van der Waals surface area contributed by atoms with Gasteiger partial charge in [0.2, 0.25) is 0 Å². The molecule has 2 heterocycles. The Labute approximate surface area is 163 Å². The molecular weight excluding hydrogens is 356 g/mol. The van der Waals surface area contributed by atoms with Crippen molar-refractivity contribution in [3.8, 4) is 0 Å². The van der Waals surface area contributed by atoms with E-state index >= 15 is 0 Å². The molecule has 28 heavy (non-hydrogen) atoms. The van der Waals surface area contributed by atoms with Crippen molar-refractivity contribution in [1.29, 1.82) is 0 Å². The van der Waals surface area contributed by atoms with Gasteiger partial charge in [0.05, 0.1) is 31.5 Å². The van der Waals surface area contributed by atoms with E-state index in [9.17, 15) is 4.79 Å². The van der Waals surface area contributed by atoms with Gasteiger partial charge in [-0.15, -0.1) is 0 Å². The standard InChI is InChI=1S/C23H22O5/c1-2-25-21(24)23(20-14-9-15-26-20)27-16-22(17-28-23,18-10-5-3-6-11-18)19-12-7-4-8-13-19/h3-15H,2,16-17H2,1H3. The molecule has 0 saturated carbocycles. The molecule has 0 atom stereocenters. The molecule has 1 aliphatic heterocycles. The summed E-state index contributed by atoms with van der Waals surface area (Å²) >= 11 is 0. The number of hydrogen-bond acceptors (Lipinski definition) is 5.